The minimum Gasteiger partial charge on any atom is -0.390 e. The average molecular weight is 222 g/mol. The smallest absolute Gasteiger partial charge is 0.0676 e. The van der Waals surface area contributed by atoms with Crippen molar-refractivity contribution in [1.29, 1.82) is 0 Å². The lowest BCUT2D eigenvalue weighted by molar-refractivity contribution is -0.0915. The molecule has 0 aromatic carbocycles. The first-order chi connectivity index (χ1) is 7.37. The Bertz CT molecular complexity index is 294. The van der Waals surface area contributed by atoms with Gasteiger partial charge in [0.15, 0.2) is 0 Å². The first-order valence-electron chi connectivity index (χ1n) is 6.77. The predicted molar refractivity (Wildman–Crippen MR) is 68.2 cm³/mol. The molecule has 0 spiro atoms. The van der Waals surface area contributed by atoms with Crippen LogP contribution in [0.2, 0.25) is 0 Å². The lowest BCUT2D eigenvalue weighted by atomic mass is 9.54. The summed E-state index contributed by atoms with van der Waals surface area (Å²) in [6, 6.07) is 0. The topological polar surface area (TPSA) is 20.2 Å². The van der Waals surface area contributed by atoms with Gasteiger partial charge in [-0.1, -0.05) is 32.9 Å². The third-order valence-corrected chi connectivity index (χ3v) is 5.34. The van der Waals surface area contributed by atoms with E-state index in [2.05, 4.69) is 27.4 Å². The summed E-state index contributed by atoms with van der Waals surface area (Å²) in [6.07, 6.45) is 6.89. The van der Waals surface area contributed by atoms with Gasteiger partial charge in [-0.2, -0.15) is 0 Å². The molecule has 2 aliphatic rings. The lowest BCUT2D eigenvalue weighted by Gasteiger charge is -2.52. The van der Waals surface area contributed by atoms with Crippen molar-refractivity contribution < 1.29 is 5.11 Å². The van der Waals surface area contributed by atoms with Gasteiger partial charge >= 0.3 is 0 Å². The average Bonchev–Trinajstić information content (AvgIpc) is 2.21. The molecule has 1 unspecified atom stereocenters. The molecule has 3 atom stereocenters. The van der Waals surface area contributed by atoms with Gasteiger partial charge in [0, 0.05) is 0 Å². The van der Waals surface area contributed by atoms with E-state index < -0.39 is 5.60 Å². The van der Waals surface area contributed by atoms with E-state index in [4.69, 9.17) is 0 Å². The van der Waals surface area contributed by atoms with Gasteiger partial charge in [0.25, 0.3) is 0 Å². The molecule has 2 rings (SSSR count). The Morgan fingerprint density at radius 3 is 2.62 bits per heavy atom. The number of rotatable bonds is 1. The van der Waals surface area contributed by atoms with E-state index in [0.717, 1.165) is 12.8 Å². The van der Waals surface area contributed by atoms with E-state index in [0.29, 0.717) is 17.3 Å². The zero-order valence-electron chi connectivity index (χ0n) is 11.1. The molecule has 0 bridgehead atoms. The second-order valence-corrected chi connectivity index (χ2v) is 6.68. The lowest BCUT2D eigenvalue weighted by Crippen LogP contribution is -2.48. The highest BCUT2D eigenvalue weighted by Crippen LogP contribution is 2.55. The van der Waals surface area contributed by atoms with Crippen LogP contribution >= 0.6 is 0 Å². The number of fused-ring (bicyclic) bond motifs is 1. The molecule has 1 N–H and O–H groups in total. The van der Waals surface area contributed by atoms with Crippen LogP contribution < -0.4 is 0 Å². The number of hydrogen-bond acceptors (Lipinski definition) is 1. The molecular formula is C15H26O. The van der Waals surface area contributed by atoms with Crippen LogP contribution in [-0.2, 0) is 0 Å². The van der Waals surface area contributed by atoms with Gasteiger partial charge in [0.2, 0.25) is 0 Å². The molecule has 0 heterocycles. The summed E-state index contributed by atoms with van der Waals surface area (Å²) in [5, 5.41) is 10.7. The normalized spacial score (nSPS) is 44.6. The zero-order valence-corrected chi connectivity index (χ0v) is 11.1. The maximum absolute atomic E-state index is 10.7. The molecule has 92 valence electrons. The molecular weight excluding hydrogens is 196 g/mol. The van der Waals surface area contributed by atoms with Gasteiger partial charge in [-0.25, -0.2) is 0 Å². The Hall–Kier alpha value is -0.300. The van der Waals surface area contributed by atoms with Crippen molar-refractivity contribution in [3.05, 3.63) is 12.2 Å². The monoisotopic (exact) mass is 222 g/mol. The summed E-state index contributed by atoms with van der Waals surface area (Å²) in [7, 11) is 0. The maximum Gasteiger partial charge on any atom is 0.0676 e. The summed E-state index contributed by atoms with van der Waals surface area (Å²) >= 11 is 0. The highest BCUT2D eigenvalue weighted by Gasteiger charge is 2.48. The Kier molecular flexibility index (Phi) is 2.94. The second kappa shape index (κ2) is 3.87. The Balaban J connectivity index is 2.21. The zero-order chi connectivity index (χ0) is 12.0. The van der Waals surface area contributed by atoms with E-state index in [1.165, 1.54) is 31.3 Å². The summed E-state index contributed by atoms with van der Waals surface area (Å²) in [5.74, 6) is 0.925. The third-order valence-electron chi connectivity index (χ3n) is 5.34. The molecule has 1 nitrogen and oxygen atoms in total. The van der Waals surface area contributed by atoms with E-state index in [-0.39, 0.29) is 0 Å². The molecule has 0 amide bonds. The van der Waals surface area contributed by atoms with Crippen LogP contribution in [0.3, 0.4) is 0 Å². The molecule has 1 heteroatoms. The SMILES string of the molecule is C=C1CCC[C@@]2(C)CC[C@@](O)(C(C)C)CC12. The van der Waals surface area contributed by atoms with Gasteiger partial charge in [-0.3, -0.25) is 0 Å². The van der Waals surface area contributed by atoms with Gasteiger partial charge in [0.05, 0.1) is 5.60 Å². The van der Waals surface area contributed by atoms with Gasteiger partial charge in [-0.05, 0) is 55.8 Å². The van der Waals surface area contributed by atoms with Gasteiger partial charge in [0.1, 0.15) is 0 Å². The van der Waals surface area contributed by atoms with Crippen LogP contribution in [0.4, 0.5) is 0 Å². The number of hydrogen-bond donors (Lipinski definition) is 1. The van der Waals surface area contributed by atoms with Crippen molar-refractivity contribution in [2.75, 3.05) is 0 Å². The van der Waals surface area contributed by atoms with E-state index in [1.54, 1.807) is 0 Å². The number of allylic oxidation sites excluding steroid dienone is 1. The number of aliphatic hydroxyl groups is 1. The summed E-state index contributed by atoms with van der Waals surface area (Å²) in [5.41, 5.74) is 1.38. The minimum absolute atomic E-state index is 0.367. The van der Waals surface area contributed by atoms with Crippen molar-refractivity contribution in [2.45, 2.75) is 64.9 Å². The van der Waals surface area contributed by atoms with Crippen molar-refractivity contribution in [3.8, 4) is 0 Å². The van der Waals surface area contributed by atoms with E-state index >= 15 is 0 Å². The van der Waals surface area contributed by atoms with Crippen molar-refractivity contribution in [1.82, 2.24) is 0 Å². The molecule has 0 radical (unpaired) electrons. The molecule has 0 aromatic heterocycles. The Morgan fingerprint density at radius 2 is 2.00 bits per heavy atom. The van der Waals surface area contributed by atoms with Crippen LogP contribution in [-0.4, -0.2) is 10.7 Å². The van der Waals surface area contributed by atoms with Crippen LogP contribution in [0.5, 0.6) is 0 Å². The quantitative estimate of drug-likeness (QED) is 0.667. The van der Waals surface area contributed by atoms with Gasteiger partial charge < -0.3 is 5.11 Å². The molecule has 2 aliphatic carbocycles. The van der Waals surface area contributed by atoms with Gasteiger partial charge in [-0.15, -0.1) is 0 Å². The van der Waals surface area contributed by atoms with Crippen molar-refractivity contribution >= 4 is 0 Å². The second-order valence-electron chi connectivity index (χ2n) is 6.68. The molecule has 2 saturated carbocycles. The minimum atomic E-state index is -0.440. The standard InChI is InChI=1S/C15H26O/c1-11(2)15(16)9-8-14(4)7-5-6-12(3)13(14)10-15/h11,13,16H,3,5-10H2,1-2,4H3/t13?,14-,15-/m0/s1. The summed E-state index contributed by atoms with van der Waals surface area (Å²) in [4.78, 5) is 0. The first-order valence-corrected chi connectivity index (χ1v) is 6.77. The highest BCUT2D eigenvalue weighted by atomic mass is 16.3. The third kappa shape index (κ3) is 1.84. The summed E-state index contributed by atoms with van der Waals surface area (Å²) < 4.78 is 0. The van der Waals surface area contributed by atoms with Crippen molar-refractivity contribution in [3.63, 3.8) is 0 Å². The molecule has 0 aromatic rings. The Labute approximate surface area is 99.9 Å². The van der Waals surface area contributed by atoms with E-state index in [9.17, 15) is 5.11 Å². The molecule has 0 aliphatic heterocycles. The van der Waals surface area contributed by atoms with Crippen LogP contribution in [0.1, 0.15) is 59.3 Å². The van der Waals surface area contributed by atoms with Crippen LogP contribution in [0.15, 0.2) is 12.2 Å². The largest absolute Gasteiger partial charge is 0.390 e. The highest BCUT2D eigenvalue weighted by molar-refractivity contribution is 5.14. The van der Waals surface area contributed by atoms with Crippen LogP contribution in [0.25, 0.3) is 0 Å². The molecule has 0 saturated heterocycles. The molecule has 16 heavy (non-hydrogen) atoms. The van der Waals surface area contributed by atoms with Crippen LogP contribution in [0, 0.1) is 17.3 Å². The predicted octanol–water partition coefficient (Wildman–Crippen LogP) is 3.92. The fourth-order valence-corrected chi connectivity index (χ4v) is 3.73. The first kappa shape index (κ1) is 12.2. The summed E-state index contributed by atoms with van der Waals surface area (Å²) in [6.45, 7) is 11.0. The molecule has 2 fully saturated rings. The fourth-order valence-electron chi connectivity index (χ4n) is 3.73. The van der Waals surface area contributed by atoms with E-state index in [1.807, 2.05) is 0 Å². The fraction of sp³-hybridized carbons (Fsp3) is 0.867. The maximum atomic E-state index is 10.7. The Morgan fingerprint density at radius 1 is 1.31 bits per heavy atom. The van der Waals surface area contributed by atoms with Crippen molar-refractivity contribution in [2.24, 2.45) is 17.3 Å².